The zero-order chi connectivity index (χ0) is 38.9. The Bertz CT molecular complexity index is 1250. The number of rotatable bonds is 12. The smallest absolute Gasteiger partial charge is 0.407 e. The molecule has 1 saturated carbocycles. The third-order valence-corrected chi connectivity index (χ3v) is 15.9. The molecule has 0 aromatic carbocycles. The summed E-state index contributed by atoms with van der Waals surface area (Å²) in [5.41, 5.74) is -0.483. The Morgan fingerprint density at radius 2 is 1.15 bits per heavy atom. The highest BCUT2D eigenvalue weighted by Gasteiger charge is 2.58. The minimum atomic E-state index is -0.483. The Hall–Kier alpha value is -1.46. The highest BCUT2D eigenvalue weighted by Crippen LogP contribution is 2.50. The summed E-state index contributed by atoms with van der Waals surface area (Å²) in [6.07, 6.45) is 11.5. The fraction of sp³-hybridized carbons (Fsp3) is 0.955. The second-order valence-corrected chi connectivity index (χ2v) is 20.1. The summed E-state index contributed by atoms with van der Waals surface area (Å²) in [4.78, 5) is 25.1. The van der Waals surface area contributed by atoms with Gasteiger partial charge in [-0.25, -0.2) is 4.79 Å². The molecule has 0 radical (unpaired) electrons. The summed E-state index contributed by atoms with van der Waals surface area (Å²) in [7, 11) is 0. The largest absolute Gasteiger partial charge is 0.444 e. The van der Waals surface area contributed by atoms with Crippen LogP contribution in [0.4, 0.5) is 4.79 Å². The molecule has 5 heterocycles. The summed E-state index contributed by atoms with van der Waals surface area (Å²) in [5, 5.41) is 34.7. The number of ether oxygens (including phenoxy) is 1. The van der Waals surface area contributed by atoms with Crippen LogP contribution in [0.1, 0.15) is 139 Å². The van der Waals surface area contributed by atoms with E-state index in [9.17, 15) is 14.7 Å². The minimum absolute atomic E-state index is 0.161. The average Bonchev–Trinajstić information content (AvgIpc) is 3.86. The molecule has 1 aliphatic carbocycles. The van der Waals surface area contributed by atoms with Crippen molar-refractivity contribution in [1.82, 2.24) is 31.9 Å². The van der Waals surface area contributed by atoms with E-state index in [1.807, 2.05) is 20.8 Å². The zero-order valence-corrected chi connectivity index (χ0v) is 35.5. The minimum Gasteiger partial charge on any atom is -0.444 e. The number of amides is 2. The van der Waals surface area contributed by atoms with Gasteiger partial charge < -0.3 is 41.7 Å². The van der Waals surface area contributed by atoms with Crippen molar-refractivity contribution >= 4 is 12.0 Å². The Labute approximate surface area is 328 Å². The molecule has 6 fully saturated rings. The van der Waals surface area contributed by atoms with Crippen LogP contribution in [-0.4, -0.2) is 90.2 Å². The van der Waals surface area contributed by atoms with Crippen LogP contribution in [0.25, 0.3) is 0 Å². The normalized spacial score (nSPS) is 44.4. The molecular formula is C44H80N6O4. The molecule has 5 aliphatic heterocycles. The van der Waals surface area contributed by atoms with Crippen molar-refractivity contribution in [2.45, 2.75) is 199 Å². The molecule has 6 rings (SSSR count). The predicted molar refractivity (Wildman–Crippen MR) is 217 cm³/mol. The summed E-state index contributed by atoms with van der Waals surface area (Å²) >= 11 is 0. The van der Waals surface area contributed by atoms with Gasteiger partial charge in [-0.1, -0.05) is 67.2 Å². The molecular weight excluding hydrogens is 677 g/mol. The van der Waals surface area contributed by atoms with E-state index in [4.69, 9.17) is 4.74 Å². The molecule has 16 unspecified atom stereocenters. The first-order chi connectivity index (χ1) is 25.7. The van der Waals surface area contributed by atoms with Crippen molar-refractivity contribution in [3.05, 3.63) is 0 Å². The lowest BCUT2D eigenvalue weighted by molar-refractivity contribution is -0.121. The van der Waals surface area contributed by atoms with Crippen LogP contribution < -0.4 is 31.9 Å². The van der Waals surface area contributed by atoms with E-state index in [1.54, 1.807) is 0 Å². The van der Waals surface area contributed by atoms with E-state index in [0.717, 1.165) is 51.4 Å². The number of nitrogens with one attached hydrogen (secondary N) is 6. The average molecular weight is 757 g/mol. The van der Waals surface area contributed by atoms with Gasteiger partial charge in [0.1, 0.15) is 5.60 Å². The van der Waals surface area contributed by atoms with Gasteiger partial charge >= 0.3 is 6.09 Å². The van der Waals surface area contributed by atoms with Gasteiger partial charge in [0.15, 0.2) is 0 Å². The maximum Gasteiger partial charge on any atom is 0.407 e. The Morgan fingerprint density at radius 1 is 0.648 bits per heavy atom. The van der Waals surface area contributed by atoms with E-state index in [0.29, 0.717) is 121 Å². The van der Waals surface area contributed by atoms with Crippen LogP contribution in [0.15, 0.2) is 0 Å². The van der Waals surface area contributed by atoms with Crippen molar-refractivity contribution in [3.8, 4) is 0 Å². The predicted octanol–water partition coefficient (Wildman–Crippen LogP) is 5.72. The summed E-state index contributed by atoms with van der Waals surface area (Å²) in [6, 6.07) is 3.56. The molecule has 6 aliphatic rings. The van der Waals surface area contributed by atoms with Crippen molar-refractivity contribution in [2.75, 3.05) is 13.1 Å². The molecule has 0 aromatic rings. The molecule has 310 valence electrons. The van der Waals surface area contributed by atoms with Crippen LogP contribution in [0.2, 0.25) is 0 Å². The summed E-state index contributed by atoms with van der Waals surface area (Å²) in [5.74, 6) is 4.84. The summed E-state index contributed by atoms with van der Waals surface area (Å²) in [6.45, 7) is 21.6. The maximum absolute atomic E-state index is 13.3. The van der Waals surface area contributed by atoms with Crippen molar-refractivity contribution in [3.63, 3.8) is 0 Å². The van der Waals surface area contributed by atoms with E-state index >= 15 is 0 Å². The van der Waals surface area contributed by atoms with Gasteiger partial charge in [-0.15, -0.1) is 0 Å². The molecule has 10 nitrogen and oxygen atoms in total. The number of hydrogen-bond acceptors (Lipinski definition) is 8. The molecule has 0 aromatic heterocycles. The van der Waals surface area contributed by atoms with Gasteiger partial charge in [0, 0.05) is 73.8 Å². The number of alkyl carbamates (subject to hydrolysis) is 1. The highest BCUT2D eigenvalue weighted by molar-refractivity contribution is 5.75. The van der Waals surface area contributed by atoms with E-state index in [2.05, 4.69) is 73.4 Å². The number of aliphatic hydroxyl groups excluding tert-OH is 1. The Balaban J connectivity index is 1.09. The number of aliphatic hydroxyl groups is 1. The first-order valence-electron chi connectivity index (χ1n) is 22.7. The molecule has 0 spiro atoms. The van der Waals surface area contributed by atoms with Crippen LogP contribution in [0.5, 0.6) is 0 Å². The van der Waals surface area contributed by atoms with E-state index < -0.39 is 5.60 Å². The molecule has 5 saturated heterocycles. The van der Waals surface area contributed by atoms with Gasteiger partial charge in [-0.2, -0.15) is 0 Å². The van der Waals surface area contributed by atoms with Crippen LogP contribution in [-0.2, 0) is 9.53 Å². The molecule has 2 amide bonds. The molecule has 10 heteroatoms. The van der Waals surface area contributed by atoms with Gasteiger partial charge in [0.05, 0.1) is 6.10 Å². The lowest BCUT2D eigenvalue weighted by atomic mass is 9.76. The molecule has 18 atom stereocenters. The standard InChI is InChI=1S/C44H80N6O4/c1-10-28-24(3)32-21-34-26(5)30(16-17-39(52)45-18-14-12-13-15-19-46-43(53)54-44(7,8)9)41(49-34)31-20-38(51)40-27(6)35(50-42(31)40)23-37-29(11-2)25(4)33(48-37)22-36(28)47-32/h24-38,40-42,47-51H,10-23H2,1-9H3,(H,45,52)(H,46,53)/t24?,25?,26-,27?,28?,29?,30-,31?,32?,33?,34?,35?,36?,37?,38?,40?,41?,42?/m0/s1. The lowest BCUT2D eigenvalue weighted by Crippen LogP contribution is -2.48. The summed E-state index contributed by atoms with van der Waals surface area (Å²) < 4.78 is 5.31. The monoisotopic (exact) mass is 757 g/mol. The number of hydrogen-bond donors (Lipinski definition) is 7. The van der Waals surface area contributed by atoms with Crippen molar-refractivity contribution in [1.29, 1.82) is 0 Å². The van der Waals surface area contributed by atoms with Gasteiger partial charge in [-0.05, 0) is 113 Å². The zero-order valence-electron chi connectivity index (χ0n) is 35.5. The number of carbonyl (C=O) groups excluding carboxylic acids is 2. The van der Waals surface area contributed by atoms with E-state index in [-0.39, 0.29) is 18.1 Å². The maximum atomic E-state index is 13.3. The fourth-order valence-electron chi connectivity index (χ4n) is 13.0. The van der Waals surface area contributed by atoms with Crippen LogP contribution >= 0.6 is 0 Å². The Morgan fingerprint density at radius 3 is 1.72 bits per heavy atom. The second-order valence-electron chi connectivity index (χ2n) is 20.1. The lowest BCUT2D eigenvalue weighted by Gasteiger charge is -2.32. The van der Waals surface area contributed by atoms with E-state index in [1.165, 1.54) is 19.3 Å². The van der Waals surface area contributed by atoms with Crippen molar-refractivity contribution in [2.24, 2.45) is 53.3 Å². The van der Waals surface area contributed by atoms with Crippen LogP contribution in [0, 0.1) is 53.3 Å². The van der Waals surface area contributed by atoms with Gasteiger partial charge in [0.2, 0.25) is 5.91 Å². The highest BCUT2D eigenvalue weighted by atomic mass is 16.6. The number of fused-ring (bicyclic) bond motifs is 8. The quantitative estimate of drug-likeness (QED) is 0.126. The van der Waals surface area contributed by atoms with Crippen LogP contribution in [0.3, 0.4) is 0 Å². The second kappa shape index (κ2) is 18.0. The first-order valence-corrected chi connectivity index (χ1v) is 22.7. The number of unbranched alkanes of at least 4 members (excludes halogenated alkanes) is 3. The first kappa shape index (κ1) is 42.2. The fourth-order valence-corrected chi connectivity index (χ4v) is 13.0. The topological polar surface area (TPSA) is 136 Å². The SMILES string of the molecule is CCC1C2CC3NC(CC4NC5C(CC(O)C5C4C)C4NC(CC(N2)C1C)[C@@H](C)[C@@H]4CCC(=O)NCCCCCCNC(=O)OC(C)(C)C)C(CC)C3C. The number of carbonyl (C=O) groups is 2. The van der Waals surface area contributed by atoms with Crippen molar-refractivity contribution < 1.29 is 19.4 Å². The molecule has 8 bridgehead atoms. The molecule has 7 N–H and O–H groups in total. The Kier molecular flexibility index (Phi) is 14.0. The van der Waals surface area contributed by atoms with Gasteiger partial charge in [0.25, 0.3) is 0 Å². The van der Waals surface area contributed by atoms with Gasteiger partial charge in [-0.3, -0.25) is 4.79 Å². The molecule has 54 heavy (non-hydrogen) atoms. The third-order valence-electron chi connectivity index (χ3n) is 15.9. The third kappa shape index (κ3) is 9.29.